The number of anilines is 1. The van der Waals surface area contributed by atoms with Gasteiger partial charge in [-0.3, -0.25) is 14.4 Å². The third kappa shape index (κ3) is 5.72. The van der Waals surface area contributed by atoms with Gasteiger partial charge in [0.05, 0.1) is 7.11 Å². The van der Waals surface area contributed by atoms with Gasteiger partial charge < -0.3 is 15.4 Å². The van der Waals surface area contributed by atoms with Crippen LogP contribution in [0.1, 0.15) is 16.8 Å². The van der Waals surface area contributed by atoms with Gasteiger partial charge in [-0.05, 0) is 48.5 Å². The number of benzene rings is 2. The fourth-order valence-electron chi connectivity index (χ4n) is 2.41. The van der Waals surface area contributed by atoms with Gasteiger partial charge in [0.25, 0.3) is 5.91 Å². The number of nitrogens with zero attached hydrogens (tertiary/aromatic N) is 1. The zero-order valence-electron chi connectivity index (χ0n) is 15.3. The maximum atomic E-state index is 12.5. The Bertz CT molecular complexity index is 948. The van der Waals surface area contributed by atoms with Crippen LogP contribution in [0.3, 0.4) is 0 Å². The van der Waals surface area contributed by atoms with Crippen LogP contribution >= 0.6 is 23.4 Å². The van der Waals surface area contributed by atoms with Gasteiger partial charge in [0.2, 0.25) is 11.8 Å². The second kappa shape index (κ2) is 9.44. The Morgan fingerprint density at radius 3 is 2.52 bits per heavy atom. The topological polar surface area (TPSA) is 109 Å². The average molecular weight is 433 g/mol. The Morgan fingerprint density at radius 1 is 1.17 bits per heavy atom. The lowest BCUT2D eigenvalue weighted by atomic mass is 10.2. The molecule has 1 fully saturated rings. The van der Waals surface area contributed by atoms with Crippen molar-refractivity contribution in [1.82, 2.24) is 10.7 Å². The lowest BCUT2D eigenvalue weighted by Gasteiger charge is -2.22. The molecular formula is C19H17ClN4O4S. The second-order valence-corrected chi connectivity index (χ2v) is 7.57. The predicted octanol–water partition coefficient (Wildman–Crippen LogP) is 2.61. The van der Waals surface area contributed by atoms with E-state index in [4.69, 9.17) is 16.3 Å². The van der Waals surface area contributed by atoms with Crippen molar-refractivity contribution in [2.75, 3.05) is 12.4 Å². The quantitative estimate of drug-likeness (QED) is 0.629. The molecule has 8 nitrogen and oxygen atoms in total. The first kappa shape index (κ1) is 20.7. The Kier molecular flexibility index (Phi) is 6.73. The van der Waals surface area contributed by atoms with E-state index in [0.717, 1.165) is 11.8 Å². The molecule has 150 valence electrons. The van der Waals surface area contributed by atoms with E-state index in [0.29, 0.717) is 22.0 Å². The van der Waals surface area contributed by atoms with Crippen molar-refractivity contribution in [2.24, 2.45) is 5.10 Å². The molecule has 0 saturated carbocycles. The summed E-state index contributed by atoms with van der Waals surface area (Å²) < 4.78 is 5.08. The number of thioether (sulfide) groups is 1. The van der Waals surface area contributed by atoms with Crippen LogP contribution in [0, 0.1) is 0 Å². The van der Waals surface area contributed by atoms with Crippen LogP contribution in [0.4, 0.5) is 5.69 Å². The number of carbonyl (C=O) groups excluding carboxylic acids is 3. The molecule has 1 atom stereocenters. The van der Waals surface area contributed by atoms with Gasteiger partial charge in [-0.15, -0.1) is 5.10 Å². The zero-order valence-corrected chi connectivity index (χ0v) is 16.8. The Morgan fingerprint density at radius 2 is 1.86 bits per heavy atom. The summed E-state index contributed by atoms with van der Waals surface area (Å²) in [6.45, 7) is 0. The number of ether oxygens (including phenoxy) is 1. The number of methoxy groups -OCH3 is 1. The highest BCUT2D eigenvalue weighted by Crippen LogP contribution is 2.23. The predicted molar refractivity (Wildman–Crippen MR) is 112 cm³/mol. The first-order chi connectivity index (χ1) is 13.9. The van der Waals surface area contributed by atoms with Crippen molar-refractivity contribution in [3.05, 3.63) is 59.1 Å². The number of halogens is 1. The molecule has 29 heavy (non-hydrogen) atoms. The van der Waals surface area contributed by atoms with E-state index in [2.05, 4.69) is 21.2 Å². The molecule has 0 aliphatic carbocycles. The molecule has 0 bridgehead atoms. The molecule has 1 saturated heterocycles. The van der Waals surface area contributed by atoms with Crippen LogP contribution in [0.2, 0.25) is 5.02 Å². The lowest BCUT2D eigenvalue weighted by molar-refractivity contribution is -0.123. The maximum absolute atomic E-state index is 12.5. The van der Waals surface area contributed by atoms with Crippen LogP contribution in [0.25, 0.3) is 0 Å². The number of carbonyl (C=O) groups is 3. The van der Waals surface area contributed by atoms with E-state index in [1.54, 1.807) is 55.6 Å². The summed E-state index contributed by atoms with van der Waals surface area (Å²) in [5.41, 5.74) is 3.30. The van der Waals surface area contributed by atoms with E-state index < -0.39 is 11.2 Å². The molecule has 1 heterocycles. The van der Waals surface area contributed by atoms with Gasteiger partial charge in [0.1, 0.15) is 11.0 Å². The molecule has 3 N–H and O–H groups in total. The third-order valence-electron chi connectivity index (χ3n) is 3.89. The number of hydrazone groups is 1. The minimum absolute atomic E-state index is 0.00317. The number of amidine groups is 1. The zero-order chi connectivity index (χ0) is 20.8. The fourth-order valence-corrected chi connectivity index (χ4v) is 3.48. The number of amides is 3. The minimum atomic E-state index is -0.683. The van der Waals surface area contributed by atoms with Crippen molar-refractivity contribution < 1.29 is 19.1 Å². The van der Waals surface area contributed by atoms with Crippen molar-refractivity contribution in [2.45, 2.75) is 11.7 Å². The summed E-state index contributed by atoms with van der Waals surface area (Å²) in [7, 11) is 1.55. The summed E-state index contributed by atoms with van der Waals surface area (Å²) in [6.07, 6.45) is -0.00317. The van der Waals surface area contributed by atoms with Gasteiger partial charge in [-0.1, -0.05) is 23.4 Å². The summed E-state index contributed by atoms with van der Waals surface area (Å²) in [5, 5.41) is 9.16. The minimum Gasteiger partial charge on any atom is -0.497 e. The highest BCUT2D eigenvalue weighted by Gasteiger charge is 2.30. The largest absolute Gasteiger partial charge is 0.497 e. The number of nitrogens with one attached hydrogen (secondary N) is 3. The Balaban J connectivity index is 1.62. The van der Waals surface area contributed by atoms with E-state index in [-0.39, 0.29) is 23.4 Å². The van der Waals surface area contributed by atoms with Crippen molar-refractivity contribution in [3.63, 3.8) is 0 Å². The van der Waals surface area contributed by atoms with Crippen LogP contribution in [0.15, 0.2) is 53.6 Å². The molecule has 1 aliphatic rings. The summed E-state index contributed by atoms with van der Waals surface area (Å²) in [6, 6.07) is 13.1. The van der Waals surface area contributed by atoms with Crippen LogP contribution in [0.5, 0.6) is 5.75 Å². The molecular weight excluding hydrogens is 416 g/mol. The fraction of sp³-hybridized carbons (Fsp3) is 0.158. The van der Waals surface area contributed by atoms with E-state index in [1.165, 1.54) is 0 Å². The average Bonchev–Trinajstić information content (AvgIpc) is 2.72. The third-order valence-corrected chi connectivity index (χ3v) is 5.22. The molecule has 2 aromatic rings. The molecule has 1 aliphatic heterocycles. The smallest absolute Gasteiger partial charge is 0.271 e. The van der Waals surface area contributed by atoms with E-state index in [1.807, 2.05) is 0 Å². The standard InChI is InChI=1S/C19H17ClN4O4S/c1-28-14-8-6-13(7-9-14)21-18(27)15-10-16(25)22-19(29-15)24-23-17(26)11-2-4-12(20)5-3-11/h2-9,15H,10H2,1H3,(H,21,27)(H,23,26)(H,22,24,25)/t15-/m1/s1. The molecule has 3 rings (SSSR count). The highest BCUT2D eigenvalue weighted by atomic mass is 35.5. The van der Waals surface area contributed by atoms with Gasteiger partial charge in [0, 0.05) is 22.7 Å². The SMILES string of the molecule is COc1ccc(NC(=O)[C@H]2CC(=O)NC(=NNC(=O)c3ccc(Cl)cc3)S2)cc1. The molecule has 0 radical (unpaired) electrons. The van der Waals surface area contributed by atoms with Gasteiger partial charge in [-0.2, -0.15) is 0 Å². The number of hydrogen-bond donors (Lipinski definition) is 3. The molecule has 0 unspecified atom stereocenters. The van der Waals surface area contributed by atoms with E-state index in [9.17, 15) is 14.4 Å². The van der Waals surface area contributed by atoms with Crippen LogP contribution < -0.4 is 20.8 Å². The van der Waals surface area contributed by atoms with Crippen LogP contribution in [-0.4, -0.2) is 35.2 Å². The van der Waals surface area contributed by atoms with Gasteiger partial charge in [0.15, 0.2) is 5.17 Å². The van der Waals surface area contributed by atoms with Gasteiger partial charge >= 0.3 is 0 Å². The summed E-state index contributed by atoms with van der Waals surface area (Å²) in [5.74, 6) is -0.501. The van der Waals surface area contributed by atoms with Crippen LogP contribution in [-0.2, 0) is 9.59 Å². The maximum Gasteiger partial charge on any atom is 0.271 e. The Hall–Kier alpha value is -3.04. The lowest BCUT2D eigenvalue weighted by Crippen LogP contribution is -2.42. The van der Waals surface area contributed by atoms with Crippen molar-refractivity contribution in [1.29, 1.82) is 0 Å². The van der Waals surface area contributed by atoms with Crippen molar-refractivity contribution in [3.8, 4) is 5.75 Å². The molecule has 3 amide bonds. The molecule has 10 heteroatoms. The second-order valence-electron chi connectivity index (χ2n) is 5.94. The summed E-state index contributed by atoms with van der Waals surface area (Å²) in [4.78, 5) is 36.6. The van der Waals surface area contributed by atoms with Crippen molar-refractivity contribution >= 4 is 51.9 Å². The van der Waals surface area contributed by atoms with Gasteiger partial charge in [-0.25, -0.2) is 5.43 Å². The number of rotatable bonds is 5. The molecule has 0 spiro atoms. The molecule has 0 aromatic heterocycles. The monoisotopic (exact) mass is 432 g/mol. The number of hydrogen-bond acceptors (Lipinski definition) is 6. The Labute approximate surface area is 176 Å². The molecule has 2 aromatic carbocycles. The van der Waals surface area contributed by atoms with E-state index >= 15 is 0 Å². The normalized spacial score (nSPS) is 17.4. The first-order valence-corrected chi connectivity index (χ1v) is 9.75. The summed E-state index contributed by atoms with van der Waals surface area (Å²) >= 11 is 6.85. The first-order valence-electron chi connectivity index (χ1n) is 8.49. The highest BCUT2D eigenvalue weighted by molar-refractivity contribution is 8.15.